The molecule has 0 aliphatic carbocycles. The van der Waals surface area contributed by atoms with Gasteiger partial charge in [0.1, 0.15) is 0 Å². The number of anilines is 6. The summed E-state index contributed by atoms with van der Waals surface area (Å²) >= 11 is 0. The first-order valence-corrected chi connectivity index (χ1v) is 21.2. The molecule has 0 aromatic heterocycles. The fourth-order valence-corrected chi connectivity index (χ4v) is 11.5. The molecule has 0 radical (unpaired) electrons. The lowest BCUT2D eigenvalue weighted by Gasteiger charge is -2.46. The van der Waals surface area contributed by atoms with Crippen molar-refractivity contribution in [3.8, 4) is 0 Å². The average molecular weight is 761 g/mol. The average Bonchev–Trinajstić information content (AvgIpc) is 3.32. The molecule has 0 saturated heterocycles. The van der Waals surface area contributed by atoms with Crippen molar-refractivity contribution in [2.45, 2.75) is 11.8 Å². The van der Waals surface area contributed by atoms with Crippen LogP contribution >= 0.6 is 0 Å². The Labute approximate surface area is 352 Å². The van der Waals surface area contributed by atoms with Gasteiger partial charge in [-0.15, -0.1) is 0 Å². The Morgan fingerprint density at radius 3 is 1.37 bits per heavy atom. The van der Waals surface area contributed by atoms with Crippen LogP contribution in [0.1, 0.15) is 45.2 Å². The van der Waals surface area contributed by atoms with Crippen LogP contribution in [0.15, 0.2) is 218 Å². The van der Waals surface area contributed by atoms with Crippen molar-refractivity contribution in [2.24, 2.45) is 0 Å². The molecule has 13 rings (SSSR count). The van der Waals surface area contributed by atoms with Gasteiger partial charge in [-0.1, -0.05) is 186 Å². The van der Waals surface area contributed by atoms with E-state index in [0.29, 0.717) is 0 Å². The third-order valence-corrected chi connectivity index (χ3v) is 13.7. The summed E-state index contributed by atoms with van der Waals surface area (Å²) in [4.78, 5) is 5.03. The van der Waals surface area contributed by atoms with Crippen LogP contribution in [0.5, 0.6) is 0 Å². The largest absolute Gasteiger partial charge is 0.311 e. The fraction of sp³-hybridized carbons (Fsp3) is 0.0357. The quantitative estimate of drug-likeness (QED) is 0.165. The molecule has 4 heteroatoms. The highest BCUT2D eigenvalue weighted by atomic mass is 15.2. The predicted octanol–water partition coefficient (Wildman–Crippen LogP) is 9.27. The molecule has 0 saturated carbocycles. The van der Waals surface area contributed by atoms with E-state index in [9.17, 15) is 0 Å². The van der Waals surface area contributed by atoms with Crippen LogP contribution in [-0.2, 0) is 0 Å². The maximum atomic E-state index is 2.65. The topological polar surface area (TPSA) is 6.48 Å². The maximum absolute atomic E-state index is 2.65. The van der Waals surface area contributed by atoms with Gasteiger partial charge in [-0.3, -0.25) is 0 Å². The van der Waals surface area contributed by atoms with E-state index in [2.05, 4.69) is 228 Å². The molecule has 4 aliphatic heterocycles. The Hall–Kier alpha value is -7.29. The summed E-state index contributed by atoms with van der Waals surface area (Å²) in [6.07, 6.45) is 0. The number of benzene rings is 9. The van der Waals surface area contributed by atoms with Gasteiger partial charge < -0.3 is 9.80 Å². The number of rotatable bonds is 4. The van der Waals surface area contributed by atoms with Gasteiger partial charge in [-0.25, -0.2) is 0 Å². The van der Waals surface area contributed by atoms with Crippen molar-refractivity contribution in [1.82, 2.24) is 0 Å². The zero-order valence-electron chi connectivity index (χ0n) is 33.0. The van der Waals surface area contributed by atoms with Crippen LogP contribution in [0.2, 0.25) is 0 Å². The van der Waals surface area contributed by atoms with Crippen LogP contribution in [-0.4, -0.2) is 13.4 Å². The molecule has 9 aromatic carbocycles. The first-order chi connectivity index (χ1) is 29.8. The van der Waals surface area contributed by atoms with Gasteiger partial charge in [-0.2, -0.15) is 0 Å². The van der Waals surface area contributed by atoms with Crippen molar-refractivity contribution in [3.63, 3.8) is 0 Å². The molecular weight excluding hydrogens is 722 g/mol. The highest BCUT2D eigenvalue weighted by molar-refractivity contribution is 7.02. The van der Waals surface area contributed by atoms with Gasteiger partial charge in [-0.05, 0) is 98.3 Å². The lowest BCUT2D eigenvalue weighted by molar-refractivity contribution is 0.946. The molecule has 278 valence electrons. The molecule has 2 nitrogen and oxygen atoms in total. The summed E-state index contributed by atoms with van der Waals surface area (Å²) in [7, 11) is 0. The van der Waals surface area contributed by atoms with E-state index in [1.165, 1.54) is 100 Å². The van der Waals surface area contributed by atoms with E-state index in [4.69, 9.17) is 0 Å². The lowest BCUT2D eigenvalue weighted by atomic mass is 9.27. The Morgan fingerprint density at radius 1 is 0.283 bits per heavy atom. The van der Waals surface area contributed by atoms with Crippen LogP contribution < -0.4 is 42.6 Å². The summed E-state index contributed by atoms with van der Waals surface area (Å²) in [6.45, 7) is 0.129. The SMILES string of the molecule is c1ccc(C2c3ccccc3B3c4cc5c(cc4C(c4ccccc4)c4cccc2c43)N(c2ccccc2)c2cccc3c2B5c2ccccc2N3c2ccccc2)cc1. The summed E-state index contributed by atoms with van der Waals surface area (Å²) in [5.74, 6) is 0.221. The minimum absolute atomic E-state index is 0.0374. The Kier molecular flexibility index (Phi) is 7.35. The van der Waals surface area contributed by atoms with Crippen LogP contribution in [0.4, 0.5) is 34.1 Å². The van der Waals surface area contributed by atoms with Gasteiger partial charge in [0.2, 0.25) is 6.71 Å². The highest BCUT2D eigenvalue weighted by Crippen LogP contribution is 2.46. The van der Waals surface area contributed by atoms with Crippen molar-refractivity contribution in [2.75, 3.05) is 9.80 Å². The standard InChI is InChI=1S/C56H38B2N2/c1-5-19-37(20-6-1)53-41-27-13-14-30-45(41)57-47-36-48-52(35-44(47)54(38-21-7-2-8-22-38)43-29-17-28-42(53)55(43)57)60(40-25-11-4-12-26-40)51-34-18-33-50-56(51)58(48)46-31-15-16-32-49(46)59(50)39-23-9-3-10-24-39/h1-36,53-54H. The first-order valence-electron chi connectivity index (χ1n) is 21.2. The van der Waals surface area contributed by atoms with Crippen LogP contribution in [0.25, 0.3) is 0 Å². The molecular formula is C56H38B2N2. The molecule has 2 unspecified atom stereocenters. The Balaban J connectivity index is 1.14. The molecule has 0 fully saturated rings. The first kappa shape index (κ1) is 33.7. The van der Waals surface area contributed by atoms with Crippen molar-refractivity contribution >= 4 is 80.3 Å². The molecule has 9 aromatic rings. The second kappa shape index (κ2) is 13.1. The summed E-state index contributed by atoms with van der Waals surface area (Å²) in [6, 6.07) is 82.0. The molecule has 4 heterocycles. The van der Waals surface area contributed by atoms with Gasteiger partial charge in [0, 0.05) is 46.0 Å². The molecule has 2 atom stereocenters. The van der Waals surface area contributed by atoms with Gasteiger partial charge in [0.15, 0.2) is 0 Å². The lowest BCUT2D eigenvalue weighted by Crippen LogP contribution is -2.66. The van der Waals surface area contributed by atoms with E-state index in [-0.39, 0.29) is 25.3 Å². The third-order valence-electron chi connectivity index (χ3n) is 13.7. The van der Waals surface area contributed by atoms with E-state index in [1.807, 2.05) is 0 Å². The number of fused-ring (bicyclic) bond motifs is 8. The van der Waals surface area contributed by atoms with E-state index >= 15 is 0 Å². The normalized spacial score (nSPS) is 16.2. The number of hydrogen-bond acceptors (Lipinski definition) is 2. The third kappa shape index (κ3) is 4.73. The smallest absolute Gasteiger partial charge is 0.252 e. The number of hydrogen-bond donors (Lipinski definition) is 0. The maximum Gasteiger partial charge on any atom is 0.252 e. The predicted molar refractivity (Wildman–Crippen MR) is 253 cm³/mol. The molecule has 4 aliphatic rings. The summed E-state index contributed by atoms with van der Waals surface area (Å²) in [5, 5.41) is 0. The van der Waals surface area contributed by atoms with Crippen molar-refractivity contribution in [3.05, 3.63) is 252 Å². The minimum Gasteiger partial charge on any atom is -0.311 e. The van der Waals surface area contributed by atoms with E-state index < -0.39 is 0 Å². The van der Waals surface area contributed by atoms with E-state index in [0.717, 1.165) is 0 Å². The zero-order chi connectivity index (χ0) is 39.3. The second-order valence-corrected chi connectivity index (χ2v) is 16.7. The van der Waals surface area contributed by atoms with Gasteiger partial charge >= 0.3 is 0 Å². The second-order valence-electron chi connectivity index (χ2n) is 16.7. The molecule has 60 heavy (non-hydrogen) atoms. The van der Waals surface area contributed by atoms with Crippen LogP contribution in [0.3, 0.4) is 0 Å². The van der Waals surface area contributed by atoms with Crippen LogP contribution in [0, 0.1) is 0 Å². The van der Waals surface area contributed by atoms with Gasteiger partial charge in [0.25, 0.3) is 6.71 Å². The molecule has 0 amide bonds. The monoisotopic (exact) mass is 760 g/mol. The Morgan fingerprint density at radius 2 is 0.733 bits per heavy atom. The number of para-hydroxylation sites is 3. The highest BCUT2D eigenvalue weighted by Gasteiger charge is 2.48. The van der Waals surface area contributed by atoms with Crippen molar-refractivity contribution < 1.29 is 0 Å². The van der Waals surface area contributed by atoms with Gasteiger partial charge in [0.05, 0.1) is 0 Å². The Bertz CT molecular complexity index is 2920. The van der Waals surface area contributed by atoms with E-state index in [1.54, 1.807) is 0 Å². The molecule has 0 bridgehead atoms. The molecule has 0 N–H and O–H groups in total. The summed E-state index contributed by atoms with van der Waals surface area (Å²) < 4.78 is 0. The number of nitrogens with zero attached hydrogens (tertiary/aromatic N) is 2. The zero-order valence-corrected chi connectivity index (χ0v) is 33.0. The van der Waals surface area contributed by atoms with Crippen molar-refractivity contribution in [1.29, 1.82) is 0 Å². The summed E-state index contributed by atoms with van der Waals surface area (Å²) in [5.41, 5.74) is 23.9. The minimum atomic E-state index is 0.0374. The molecule has 0 spiro atoms. The fourth-order valence-electron chi connectivity index (χ4n) is 11.5.